The van der Waals surface area contributed by atoms with Gasteiger partial charge in [0.15, 0.2) is 0 Å². The molecule has 45 heavy (non-hydrogen) atoms. The maximum absolute atomic E-state index is 13.5. The molecule has 0 bridgehead atoms. The Morgan fingerprint density at radius 2 is 1.69 bits per heavy atom. The molecule has 0 saturated carbocycles. The molecular weight excluding hydrogens is 574 g/mol. The Labute approximate surface area is 265 Å². The first-order valence-electron chi connectivity index (χ1n) is 15.9. The average Bonchev–Trinajstić information content (AvgIpc) is 3.01. The first kappa shape index (κ1) is 33.9. The van der Waals surface area contributed by atoms with E-state index < -0.39 is 29.8 Å². The molecular formula is C34H47N5O6. The number of morpholine rings is 1. The van der Waals surface area contributed by atoms with Gasteiger partial charge >= 0.3 is 0 Å². The third-order valence-corrected chi connectivity index (χ3v) is 7.92. The van der Waals surface area contributed by atoms with Gasteiger partial charge in [-0.2, -0.15) is 0 Å². The van der Waals surface area contributed by atoms with Gasteiger partial charge in [-0.1, -0.05) is 64.1 Å². The van der Waals surface area contributed by atoms with E-state index >= 15 is 0 Å². The van der Waals surface area contributed by atoms with Gasteiger partial charge in [-0.3, -0.25) is 24.1 Å². The van der Waals surface area contributed by atoms with Crippen molar-refractivity contribution in [3.8, 4) is 5.75 Å². The zero-order valence-corrected chi connectivity index (χ0v) is 26.8. The summed E-state index contributed by atoms with van der Waals surface area (Å²) in [7, 11) is 0. The van der Waals surface area contributed by atoms with Crippen LogP contribution in [0, 0.1) is 11.8 Å². The number of hydrogen-bond donors (Lipinski definition) is 4. The molecule has 1 saturated heterocycles. The maximum atomic E-state index is 13.5. The standard InChI is InChI=1S/C34H47N5O6/c1-22(2)16-26-21-45-29-11-6-5-10-27(29)32(41)37-28(18-30(40)38-31(23(3)4)34(43)36-26)33(42)35-19-24-8-7-9-25(17-24)20-39-12-14-44-15-13-39/h5-11,17,22-23,26,28,31H,12-16,18-21H2,1-4H3,(H,35,42)(H,36,43)(H,37,41)(H,38,40)/t26-,28+,31-/m1/s1. The maximum Gasteiger partial charge on any atom is 0.255 e. The van der Waals surface area contributed by atoms with E-state index in [0.717, 1.165) is 30.8 Å². The van der Waals surface area contributed by atoms with Gasteiger partial charge in [0.05, 0.1) is 31.2 Å². The summed E-state index contributed by atoms with van der Waals surface area (Å²) in [6, 6.07) is 12.4. The van der Waals surface area contributed by atoms with Crippen molar-refractivity contribution in [3.63, 3.8) is 0 Å². The van der Waals surface area contributed by atoms with Gasteiger partial charge in [-0.25, -0.2) is 0 Å². The van der Waals surface area contributed by atoms with Crippen molar-refractivity contribution in [2.75, 3.05) is 32.9 Å². The predicted octanol–water partition coefficient (Wildman–Crippen LogP) is 2.39. The highest BCUT2D eigenvalue weighted by Crippen LogP contribution is 2.20. The van der Waals surface area contributed by atoms with E-state index in [1.54, 1.807) is 24.3 Å². The van der Waals surface area contributed by atoms with Crippen LogP contribution in [0.25, 0.3) is 0 Å². The zero-order chi connectivity index (χ0) is 32.3. The van der Waals surface area contributed by atoms with Crippen LogP contribution in [-0.4, -0.2) is 79.6 Å². The van der Waals surface area contributed by atoms with Gasteiger partial charge < -0.3 is 30.7 Å². The minimum absolute atomic E-state index is 0.140. The molecule has 0 spiro atoms. The molecule has 4 rings (SSSR count). The molecule has 4 N–H and O–H groups in total. The molecule has 11 nitrogen and oxygen atoms in total. The molecule has 2 aliphatic rings. The largest absolute Gasteiger partial charge is 0.491 e. The van der Waals surface area contributed by atoms with Crippen molar-refractivity contribution in [2.24, 2.45) is 11.8 Å². The van der Waals surface area contributed by atoms with Crippen molar-refractivity contribution in [2.45, 2.75) is 71.8 Å². The van der Waals surface area contributed by atoms with Crippen molar-refractivity contribution < 1.29 is 28.7 Å². The molecule has 0 radical (unpaired) electrons. The Bertz CT molecular complexity index is 1330. The van der Waals surface area contributed by atoms with Crippen molar-refractivity contribution in [1.29, 1.82) is 0 Å². The van der Waals surface area contributed by atoms with Crippen LogP contribution in [0.3, 0.4) is 0 Å². The first-order valence-corrected chi connectivity index (χ1v) is 15.9. The minimum atomic E-state index is -1.19. The van der Waals surface area contributed by atoms with E-state index in [9.17, 15) is 19.2 Å². The lowest BCUT2D eigenvalue weighted by Crippen LogP contribution is -2.55. The summed E-state index contributed by atoms with van der Waals surface area (Å²) in [6.07, 6.45) is 0.306. The molecule has 0 unspecified atom stereocenters. The normalized spacial score (nSPS) is 22.0. The number of rotatable bonds is 8. The van der Waals surface area contributed by atoms with E-state index in [1.807, 2.05) is 45.9 Å². The quantitative estimate of drug-likeness (QED) is 0.355. The fourth-order valence-corrected chi connectivity index (χ4v) is 5.56. The number of carbonyl (C=O) groups excluding carboxylic acids is 4. The highest BCUT2D eigenvalue weighted by molar-refractivity contribution is 6.01. The summed E-state index contributed by atoms with van der Waals surface area (Å²) in [6.45, 7) is 12.1. The Hall–Kier alpha value is -3.96. The molecule has 1 fully saturated rings. The highest BCUT2D eigenvalue weighted by Gasteiger charge is 2.31. The van der Waals surface area contributed by atoms with E-state index in [-0.39, 0.29) is 48.9 Å². The predicted molar refractivity (Wildman–Crippen MR) is 170 cm³/mol. The summed E-state index contributed by atoms with van der Waals surface area (Å²) in [5, 5.41) is 11.5. The Balaban J connectivity index is 1.52. The van der Waals surface area contributed by atoms with Crippen LogP contribution in [0.4, 0.5) is 0 Å². The lowest BCUT2D eigenvalue weighted by Gasteiger charge is -2.28. The number of ether oxygens (including phenoxy) is 2. The Morgan fingerprint density at radius 1 is 0.956 bits per heavy atom. The van der Waals surface area contributed by atoms with Gasteiger partial charge in [0.25, 0.3) is 5.91 Å². The smallest absolute Gasteiger partial charge is 0.255 e. The van der Waals surface area contributed by atoms with Crippen LogP contribution in [0.2, 0.25) is 0 Å². The van der Waals surface area contributed by atoms with Crippen molar-refractivity contribution in [3.05, 3.63) is 65.2 Å². The monoisotopic (exact) mass is 621 g/mol. The summed E-state index contributed by atoms with van der Waals surface area (Å²) in [4.78, 5) is 56.0. The van der Waals surface area contributed by atoms with Crippen LogP contribution >= 0.6 is 0 Å². The Morgan fingerprint density at radius 3 is 2.42 bits per heavy atom. The van der Waals surface area contributed by atoms with E-state index in [4.69, 9.17) is 9.47 Å². The third kappa shape index (κ3) is 10.3. The Kier molecular flexibility index (Phi) is 12.3. The first-order chi connectivity index (χ1) is 21.6. The van der Waals surface area contributed by atoms with Crippen LogP contribution in [-0.2, 0) is 32.2 Å². The van der Waals surface area contributed by atoms with Crippen LogP contribution in [0.1, 0.15) is 62.0 Å². The highest BCUT2D eigenvalue weighted by atomic mass is 16.5. The molecule has 3 atom stereocenters. The summed E-state index contributed by atoms with van der Waals surface area (Å²) in [5.41, 5.74) is 2.26. The molecule has 244 valence electrons. The second-order valence-corrected chi connectivity index (χ2v) is 12.6. The van der Waals surface area contributed by atoms with Crippen LogP contribution < -0.4 is 26.0 Å². The molecule has 2 aromatic carbocycles. The topological polar surface area (TPSA) is 138 Å². The van der Waals surface area contributed by atoms with Crippen LogP contribution in [0.5, 0.6) is 5.75 Å². The summed E-state index contributed by atoms with van der Waals surface area (Å²) >= 11 is 0. The number of para-hydroxylation sites is 1. The summed E-state index contributed by atoms with van der Waals surface area (Å²) in [5.74, 6) is -1.49. The third-order valence-electron chi connectivity index (χ3n) is 7.92. The second-order valence-electron chi connectivity index (χ2n) is 12.6. The lowest BCUT2D eigenvalue weighted by molar-refractivity contribution is -0.132. The number of hydrogen-bond acceptors (Lipinski definition) is 7. The fourth-order valence-electron chi connectivity index (χ4n) is 5.56. The second kappa shape index (κ2) is 16.4. The molecule has 0 aromatic heterocycles. The van der Waals surface area contributed by atoms with Gasteiger partial charge in [-0.05, 0) is 41.5 Å². The SMILES string of the molecule is CC(C)C[C@@H]1COc2ccccc2C(=O)N[C@H](C(=O)NCc2cccc(CN3CCOCC3)c2)CC(=O)N[C@H](C(C)C)C(=O)N1. The molecule has 11 heteroatoms. The van der Waals surface area contributed by atoms with Gasteiger partial charge in [0.1, 0.15) is 24.4 Å². The average molecular weight is 622 g/mol. The van der Waals surface area contributed by atoms with Gasteiger partial charge in [-0.15, -0.1) is 0 Å². The van der Waals surface area contributed by atoms with Crippen LogP contribution in [0.15, 0.2) is 48.5 Å². The number of nitrogens with one attached hydrogen (secondary N) is 4. The molecule has 2 aliphatic heterocycles. The molecule has 2 aromatic rings. The van der Waals surface area contributed by atoms with E-state index in [1.165, 1.54) is 0 Å². The number of fused-ring (bicyclic) bond motifs is 1. The van der Waals surface area contributed by atoms with Crippen molar-refractivity contribution >= 4 is 23.6 Å². The lowest BCUT2D eigenvalue weighted by atomic mass is 10.00. The number of carbonyl (C=O) groups is 4. The number of nitrogens with zero attached hydrogens (tertiary/aromatic N) is 1. The van der Waals surface area contributed by atoms with Gasteiger partial charge in [0, 0.05) is 26.2 Å². The molecule has 4 amide bonds. The summed E-state index contributed by atoms with van der Waals surface area (Å²) < 4.78 is 11.5. The minimum Gasteiger partial charge on any atom is -0.491 e. The van der Waals surface area contributed by atoms with E-state index in [0.29, 0.717) is 25.4 Å². The molecule has 0 aliphatic carbocycles. The number of amides is 4. The number of benzene rings is 2. The zero-order valence-electron chi connectivity index (χ0n) is 26.8. The van der Waals surface area contributed by atoms with Crippen molar-refractivity contribution in [1.82, 2.24) is 26.2 Å². The van der Waals surface area contributed by atoms with Gasteiger partial charge in [0.2, 0.25) is 17.7 Å². The molecule has 2 heterocycles. The van der Waals surface area contributed by atoms with E-state index in [2.05, 4.69) is 32.2 Å². The fraction of sp³-hybridized carbons (Fsp3) is 0.529.